The SMILES string of the molecule is COC(=O)N=C(N)c1ccc(N)cc1. The normalized spacial score (nSPS) is 11.1. The molecule has 74 valence electrons. The minimum absolute atomic E-state index is 0.108. The number of benzene rings is 1. The Labute approximate surface area is 81.4 Å². The van der Waals surface area contributed by atoms with E-state index in [-0.39, 0.29) is 5.84 Å². The van der Waals surface area contributed by atoms with Gasteiger partial charge in [0.25, 0.3) is 0 Å². The lowest BCUT2D eigenvalue weighted by Gasteiger charge is -2.00. The van der Waals surface area contributed by atoms with Crippen molar-refractivity contribution in [3.63, 3.8) is 0 Å². The lowest BCUT2D eigenvalue weighted by atomic mass is 10.2. The second-order valence-electron chi connectivity index (χ2n) is 2.59. The Kier molecular flexibility index (Phi) is 3.06. The molecule has 1 amide bonds. The highest BCUT2D eigenvalue weighted by Crippen LogP contribution is 2.05. The summed E-state index contributed by atoms with van der Waals surface area (Å²) in [7, 11) is 1.24. The molecule has 0 radical (unpaired) electrons. The van der Waals surface area contributed by atoms with Crippen molar-refractivity contribution < 1.29 is 9.53 Å². The topological polar surface area (TPSA) is 90.7 Å². The van der Waals surface area contributed by atoms with Gasteiger partial charge in [0.1, 0.15) is 5.84 Å². The number of carbonyl (C=O) groups is 1. The number of hydrogen-bond donors (Lipinski definition) is 2. The van der Waals surface area contributed by atoms with Crippen LogP contribution in [0, 0.1) is 0 Å². The molecule has 0 aliphatic rings. The summed E-state index contributed by atoms with van der Waals surface area (Å²) >= 11 is 0. The maximum absolute atomic E-state index is 10.7. The van der Waals surface area contributed by atoms with Gasteiger partial charge in [-0.25, -0.2) is 4.79 Å². The number of aliphatic imine (C=N–C) groups is 1. The van der Waals surface area contributed by atoms with Gasteiger partial charge in [-0.15, -0.1) is 0 Å². The Morgan fingerprint density at radius 1 is 1.36 bits per heavy atom. The van der Waals surface area contributed by atoms with Gasteiger partial charge in [-0.2, -0.15) is 4.99 Å². The number of nitrogens with two attached hydrogens (primary N) is 2. The Morgan fingerprint density at radius 2 is 1.93 bits per heavy atom. The number of rotatable bonds is 1. The van der Waals surface area contributed by atoms with E-state index in [1.807, 2.05) is 0 Å². The second kappa shape index (κ2) is 4.27. The van der Waals surface area contributed by atoms with E-state index in [9.17, 15) is 4.79 Å². The zero-order valence-electron chi connectivity index (χ0n) is 7.73. The highest BCUT2D eigenvalue weighted by molar-refractivity contribution is 6.02. The molecule has 5 heteroatoms. The smallest absolute Gasteiger partial charge is 0.435 e. The third kappa shape index (κ3) is 2.48. The van der Waals surface area contributed by atoms with Crippen molar-refractivity contribution in [2.24, 2.45) is 10.7 Å². The molecule has 14 heavy (non-hydrogen) atoms. The van der Waals surface area contributed by atoms with Gasteiger partial charge >= 0.3 is 6.09 Å². The van der Waals surface area contributed by atoms with Crippen LogP contribution in [0.5, 0.6) is 0 Å². The molecule has 0 aromatic heterocycles. The van der Waals surface area contributed by atoms with Gasteiger partial charge in [0.2, 0.25) is 0 Å². The van der Waals surface area contributed by atoms with Crippen LogP contribution in [-0.2, 0) is 4.74 Å². The number of nitrogen functional groups attached to an aromatic ring is 1. The number of carbonyl (C=O) groups excluding carboxylic acids is 1. The third-order valence-corrected chi connectivity index (χ3v) is 1.59. The first-order valence-corrected chi connectivity index (χ1v) is 3.91. The van der Waals surface area contributed by atoms with Crippen LogP contribution in [0.3, 0.4) is 0 Å². The number of methoxy groups -OCH3 is 1. The van der Waals surface area contributed by atoms with Crippen LogP contribution in [0.15, 0.2) is 29.3 Å². The zero-order chi connectivity index (χ0) is 10.6. The van der Waals surface area contributed by atoms with Gasteiger partial charge in [0, 0.05) is 11.3 Å². The Hall–Kier alpha value is -2.04. The molecule has 0 aliphatic heterocycles. The van der Waals surface area contributed by atoms with Crippen molar-refractivity contribution in [3.05, 3.63) is 29.8 Å². The molecule has 1 aromatic carbocycles. The van der Waals surface area contributed by atoms with E-state index in [0.717, 1.165) is 0 Å². The van der Waals surface area contributed by atoms with Crippen molar-refractivity contribution in [2.45, 2.75) is 0 Å². The summed E-state index contributed by atoms with van der Waals surface area (Å²) in [4.78, 5) is 14.2. The highest BCUT2D eigenvalue weighted by atomic mass is 16.5. The fraction of sp³-hybridized carbons (Fsp3) is 0.111. The van der Waals surface area contributed by atoms with Gasteiger partial charge in [-0.05, 0) is 24.3 Å². The van der Waals surface area contributed by atoms with Crippen molar-refractivity contribution in [1.82, 2.24) is 0 Å². The first kappa shape index (κ1) is 10.0. The zero-order valence-corrected chi connectivity index (χ0v) is 7.73. The van der Waals surface area contributed by atoms with Crippen LogP contribution >= 0.6 is 0 Å². The predicted molar refractivity (Wildman–Crippen MR) is 54.0 cm³/mol. The average molecular weight is 193 g/mol. The van der Waals surface area contributed by atoms with E-state index in [1.165, 1.54) is 7.11 Å². The van der Waals surface area contributed by atoms with Gasteiger partial charge in [-0.3, -0.25) is 0 Å². The van der Waals surface area contributed by atoms with E-state index in [0.29, 0.717) is 11.3 Å². The fourth-order valence-corrected chi connectivity index (χ4v) is 0.862. The Balaban J connectivity index is 2.89. The van der Waals surface area contributed by atoms with E-state index in [1.54, 1.807) is 24.3 Å². The molecule has 0 spiro atoms. The van der Waals surface area contributed by atoms with Gasteiger partial charge in [0.15, 0.2) is 0 Å². The van der Waals surface area contributed by atoms with E-state index in [2.05, 4.69) is 9.73 Å². The Morgan fingerprint density at radius 3 is 2.43 bits per heavy atom. The first-order valence-electron chi connectivity index (χ1n) is 3.91. The molecule has 0 saturated heterocycles. The maximum atomic E-state index is 10.7. The number of amidine groups is 1. The molecule has 4 N–H and O–H groups in total. The van der Waals surface area contributed by atoms with Crippen molar-refractivity contribution in [1.29, 1.82) is 0 Å². The van der Waals surface area contributed by atoms with Crippen LogP contribution in [0.4, 0.5) is 10.5 Å². The van der Waals surface area contributed by atoms with E-state index in [4.69, 9.17) is 11.5 Å². The molecule has 5 nitrogen and oxygen atoms in total. The van der Waals surface area contributed by atoms with Crippen LogP contribution in [0.2, 0.25) is 0 Å². The summed E-state index contributed by atoms with van der Waals surface area (Å²) in [6.45, 7) is 0. The summed E-state index contributed by atoms with van der Waals surface area (Å²) in [5.41, 5.74) is 12.3. The Bertz CT molecular complexity index is 357. The fourth-order valence-electron chi connectivity index (χ4n) is 0.862. The second-order valence-corrected chi connectivity index (χ2v) is 2.59. The molecule has 1 rings (SSSR count). The standard InChI is InChI=1S/C9H11N3O2/c1-14-9(13)12-8(11)6-2-4-7(10)5-3-6/h2-5H,10H2,1H3,(H2,11,12,13). The quantitative estimate of drug-likeness (QED) is 0.391. The lowest BCUT2D eigenvalue weighted by Crippen LogP contribution is -2.15. The number of hydrogen-bond acceptors (Lipinski definition) is 3. The van der Waals surface area contributed by atoms with Crippen molar-refractivity contribution in [2.75, 3.05) is 12.8 Å². The highest BCUT2D eigenvalue weighted by Gasteiger charge is 2.01. The molecule has 0 bridgehead atoms. The molecule has 0 heterocycles. The number of ether oxygens (including phenoxy) is 1. The van der Waals surface area contributed by atoms with Gasteiger partial charge in [0.05, 0.1) is 7.11 Å². The van der Waals surface area contributed by atoms with Crippen LogP contribution < -0.4 is 11.5 Å². The summed E-state index contributed by atoms with van der Waals surface area (Å²) in [5.74, 6) is 0.108. The molecule has 0 fully saturated rings. The average Bonchev–Trinajstić information content (AvgIpc) is 2.18. The molecule has 0 aliphatic carbocycles. The van der Waals surface area contributed by atoms with Gasteiger partial charge in [-0.1, -0.05) is 0 Å². The monoisotopic (exact) mass is 193 g/mol. The first-order chi connectivity index (χ1) is 6.63. The van der Waals surface area contributed by atoms with Crippen LogP contribution in [-0.4, -0.2) is 19.0 Å². The predicted octanol–water partition coefficient (Wildman–Crippen LogP) is 0.741. The maximum Gasteiger partial charge on any atom is 0.435 e. The summed E-state index contributed by atoms with van der Waals surface area (Å²) < 4.78 is 4.33. The summed E-state index contributed by atoms with van der Waals surface area (Å²) in [6.07, 6.45) is -0.723. The number of nitrogens with zero attached hydrogens (tertiary/aromatic N) is 1. The minimum atomic E-state index is -0.723. The molecule has 0 saturated carbocycles. The summed E-state index contributed by atoms with van der Waals surface area (Å²) in [6, 6.07) is 6.71. The molecule has 0 atom stereocenters. The molecular formula is C9H11N3O2. The van der Waals surface area contributed by atoms with Crippen molar-refractivity contribution in [3.8, 4) is 0 Å². The van der Waals surface area contributed by atoms with E-state index >= 15 is 0 Å². The largest absolute Gasteiger partial charge is 0.451 e. The molecule has 0 unspecified atom stereocenters. The van der Waals surface area contributed by atoms with Gasteiger partial charge < -0.3 is 16.2 Å². The number of anilines is 1. The lowest BCUT2D eigenvalue weighted by molar-refractivity contribution is 0.182. The van der Waals surface area contributed by atoms with Crippen LogP contribution in [0.1, 0.15) is 5.56 Å². The van der Waals surface area contributed by atoms with Crippen molar-refractivity contribution >= 4 is 17.6 Å². The third-order valence-electron chi connectivity index (χ3n) is 1.59. The molecule has 1 aromatic rings. The molecular weight excluding hydrogens is 182 g/mol. The summed E-state index contributed by atoms with van der Waals surface area (Å²) in [5, 5.41) is 0. The number of amides is 1. The minimum Gasteiger partial charge on any atom is -0.451 e. The van der Waals surface area contributed by atoms with Crippen LogP contribution in [0.25, 0.3) is 0 Å². The van der Waals surface area contributed by atoms with E-state index < -0.39 is 6.09 Å².